The van der Waals surface area contributed by atoms with E-state index in [0.717, 1.165) is 18.2 Å². The van der Waals surface area contributed by atoms with Crippen molar-refractivity contribution in [3.8, 4) is 0 Å². The van der Waals surface area contributed by atoms with Crippen molar-refractivity contribution in [1.82, 2.24) is 9.80 Å². The van der Waals surface area contributed by atoms with E-state index in [9.17, 15) is 18.8 Å². The van der Waals surface area contributed by atoms with Gasteiger partial charge in [-0.25, -0.2) is 4.39 Å². The summed E-state index contributed by atoms with van der Waals surface area (Å²) in [5.41, 5.74) is 0.976. The minimum Gasteiger partial charge on any atom is -0.481 e. The first kappa shape index (κ1) is 26.0. The van der Waals surface area contributed by atoms with Crippen molar-refractivity contribution in [3.63, 3.8) is 0 Å². The van der Waals surface area contributed by atoms with E-state index in [2.05, 4.69) is 11.7 Å². The number of hydrazone groups is 1. The highest BCUT2D eigenvalue weighted by Crippen LogP contribution is 2.27. The van der Waals surface area contributed by atoms with Gasteiger partial charge in [0.1, 0.15) is 10.9 Å². The van der Waals surface area contributed by atoms with Crippen molar-refractivity contribution in [2.24, 2.45) is 16.9 Å². The normalized spacial score (nSPS) is 13.8. The first-order valence-corrected chi connectivity index (χ1v) is 11.9. The fourth-order valence-electron chi connectivity index (χ4n) is 3.50. The first-order chi connectivity index (χ1) is 16.8. The van der Waals surface area contributed by atoms with Crippen LogP contribution in [0.15, 0.2) is 65.2 Å². The summed E-state index contributed by atoms with van der Waals surface area (Å²) in [5.74, 6) is 2.82. The summed E-state index contributed by atoms with van der Waals surface area (Å²) in [5, 5.41) is 13.5. The molecule has 1 aliphatic rings. The number of amides is 2. The Morgan fingerprint density at radius 3 is 2.37 bits per heavy atom. The Balaban J connectivity index is 1.71. The second-order valence-corrected chi connectivity index (χ2v) is 9.10. The summed E-state index contributed by atoms with van der Waals surface area (Å²) in [6, 6.07) is 12.3. The zero-order chi connectivity index (χ0) is 25.5. The smallest absolute Gasteiger partial charge is 0.310 e. The Hall–Kier alpha value is -3.66. The Kier molecular flexibility index (Phi) is 8.64. The number of aliphatic carboxylic acids is 1. The van der Waals surface area contributed by atoms with Gasteiger partial charge in [-0.3, -0.25) is 14.4 Å². The van der Waals surface area contributed by atoms with Gasteiger partial charge < -0.3 is 20.7 Å². The number of carbonyl (C=O) groups excluding carboxylic acids is 2. The molecule has 8 nitrogen and oxygen atoms in total. The molecule has 3 N–H and O–H groups in total. The lowest BCUT2D eigenvalue weighted by atomic mass is 9.99. The number of thioether (sulfide) groups is 1. The number of halogens is 1. The van der Waals surface area contributed by atoms with E-state index >= 15 is 0 Å². The summed E-state index contributed by atoms with van der Waals surface area (Å²) in [7, 11) is 0. The van der Waals surface area contributed by atoms with Crippen LogP contribution in [-0.4, -0.2) is 57.4 Å². The van der Waals surface area contributed by atoms with Crippen molar-refractivity contribution < 1.29 is 23.9 Å². The minimum absolute atomic E-state index is 0.0458. The van der Waals surface area contributed by atoms with Crippen LogP contribution in [0.3, 0.4) is 0 Å². The quantitative estimate of drug-likeness (QED) is 0.235. The zero-order valence-electron chi connectivity index (χ0n) is 19.3. The Morgan fingerprint density at radius 1 is 1.17 bits per heavy atom. The fraction of sp³-hybridized carbons (Fsp3) is 0.280. The van der Waals surface area contributed by atoms with Gasteiger partial charge in [0, 0.05) is 30.8 Å². The van der Waals surface area contributed by atoms with Crippen LogP contribution in [-0.2, 0) is 4.79 Å². The van der Waals surface area contributed by atoms with Gasteiger partial charge in [0.05, 0.1) is 16.5 Å². The molecule has 2 amide bonds. The van der Waals surface area contributed by atoms with Crippen LogP contribution in [0.2, 0.25) is 0 Å². The third-order valence-corrected chi connectivity index (χ3v) is 6.60. The fourth-order valence-corrected chi connectivity index (χ4v) is 4.32. The molecule has 0 saturated carbocycles. The third-order valence-electron chi connectivity index (χ3n) is 5.61. The molecule has 0 bridgehead atoms. The molecule has 0 unspecified atom stereocenters. The molecular weight excluding hydrogens is 471 g/mol. The minimum atomic E-state index is -0.910. The van der Waals surface area contributed by atoms with Crippen molar-refractivity contribution in [2.75, 3.05) is 19.6 Å². The number of unbranched alkanes of at least 4 members (excludes halogenated alkanes) is 1. The second kappa shape index (κ2) is 11.7. The Bertz CT molecular complexity index is 1150. The Labute approximate surface area is 207 Å². The third kappa shape index (κ3) is 6.07. The van der Waals surface area contributed by atoms with Crippen molar-refractivity contribution in [2.45, 2.75) is 19.8 Å². The molecule has 35 heavy (non-hydrogen) atoms. The number of likely N-dealkylation sites (tertiary alicyclic amines) is 1. The van der Waals surface area contributed by atoms with E-state index in [1.165, 1.54) is 28.0 Å². The summed E-state index contributed by atoms with van der Waals surface area (Å²) < 4.78 is 14.2. The highest BCUT2D eigenvalue weighted by molar-refractivity contribution is 8.17. The monoisotopic (exact) mass is 498 g/mol. The maximum Gasteiger partial charge on any atom is 0.310 e. The highest BCUT2D eigenvalue weighted by Gasteiger charge is 2.36. The number of nitrogens with two attached hydrogens (primary N) is 1. The van der Waals surface area contributed by atoms with Gasteiger partial charge in [-0.05, 0) is 30.7 Å². The standard InChI is InChI=1S/C25H27FN4O4S/c1-3-4-13-30(24(32)20-7-5-6-8-21(20)26)16(2)35-22(28-27)17-9-11-18(12-10-17)23(31)29-14-19(15-29)25(33)34/h5-12,19H,2-4,13-15,27H2,1H3,(H,33,34)/b28-22-. The number of hydrogen-bond acceptors (Lipinski definition) is 6. The molecule has 0 aliphatic carbocycles. The lowest BCUT2D eigenvalue weighted by Crippen LogP contribution is -2.53. The number of carbonyl (C=O) groups is 3. The lowest BCUT2D eigenvalue weighted by molar-refractivity contribution is -0.146. The molecule has 0 spiro atoms. The molecule has 1 fully saturated rings. The van der Waals surface area contributed by atoms with Crippen LogP contribution < -0.4 is 5.84 Å². The van der Waals surface area contributed by atoms with Crippen LogP contribution in [0.25, 0.3) is 0 Å². The maximum absolute atomic E-state index is 14.2. The van der Waals surface area contributed by atoms with E-state index in [4.69, 9.17) is 10.9 Å². The summed E-state index contributed by atoms with van der Waals surface area (Å²) in [6.45, 7) is 6.72. The van der Waals surface area contributed by atoms with Crippen molar-refractivity contribution in [1.29, 1.82) is 0 Å². The van der Waals surface area contributed by atoms with Gasteiger partial charge >= 0.3 is 5.97 Å². The van der Waals surface area contributed by atoms with Crippen LogP contribution in [0.1, 0.15) is 46.0 Å². The van der Waals surface area contributed by atoms with E-state index in [-0.39, 0.29) is 24.6 Å². The molecule has 3 rings (SSSR count). The van der Waals surface area contributed by atoms with Crippen LogP contribution in [0.5, 0.6) is 0 Å². The maximum atomic E-state index is 14.2. The van der Waals surface area contributed by atoms with Gasteiger partial charge in [0.2, 0.25) is 0 Å². The van der Waals surface area contributed by atoms with Gasteiger partial charge in [0.25, 0.3) is 11.8 Å². The Morgan fingerprint density at radius 2 is 1.80 bits per heavy atom. The largest absolute Gasteiger partial charge is 0.481 e. The molecule has 1 aliphatic heterocycles. The topological polar surface area (TPSA) is 116 Å². The number of carboxylic acid groups (broad SMARTS) is 1. The second-order valence-electron chi connectivity index (χ2n) is 8.04. The first-order valence-electron chi connectivity index (χ1n) is 11.1. The average Bonchev–Trinajstić information content (AvgIpc) is 2.81. The van der Waals surface area contributed by atoms with Crippen LogP contribution >= 0.6 is 11.8 Å². The summed E-state index contributed by atoms with van der Waals surface area (Å²) in [4.78, 5) is 39.4. The van der Waals surface area contributed by atoms with E-state index in [1.54, 1.807) is 30.3 Å². The molecule has 0 radical (unpaired) electrons. The number of benzene rings is 2. The van der Waals surface area contributed by atoms with Gasteiger partial charge in [0.15, 0.2) is 0 Å². The predicted octanol–water partition coefficient (Wildman–Crippen LogP) is 3.75. The number of nitrogens with zero attached hydrogens (tertiary/aromatic N) is 3. The van der Waals surface area contributed by atoms with Crippen LogP contribution in [0, 0.1) is 11.7 Å². The molecule has 2 aromatic carbocycles. The number of hydrogen-bond donors (Lipinski definition) is 2. The molecule has 1 heterocycles. The van der Waals surface area contributed by atoms with E-state index in [0.29, 0.717) is 34.2 Å². The summed E-state index contributed by atoms with van der Waals surface area (Å²) >= 11 is 1.08. The highest BCUT2D eigenvalue weighted by atomic mass is 32.2. The van der Waals surface area contributed by atoms with Crippen molar-refractivity contribution >= 4 is 34.6 Å². The molecule has 0 atom stereocenters. The van der Waals surface area contributed by atoms with E-state index < -0.39 is 23.6 Å². The number of rotatable bonds is 9. The average molecular weight is 499 g/mol. The van der Waals surface area contributed by atoms with Gasteiger partial charge in [-0.15, -0.1) is 0 Å². The molecule has 0 aromatic heterocycles. The van der Waals surface area contributed by atoms with Crippen LogP contribution in [0.4, 0.5) is 4.39 Å². The lowest BCUT2D eigenvalue weighted by Gasteiger charge is -2.36. The number of carboxylic acids is 1. The molecular formula is C25H27FN4O4S. The SMILES string of the molecule is C=C(S/C(=N\N)c1ccc(C(=O)N2CC(C(=O)O)C2)cc1)N(CCCC)C(=O)c1ccccc1F. The molecule has 10 heteroatoms. The molecule has 184 valence electrons. The van der Waals surface area contributed by atoms with E-state index in [1.807, 2.05) is 6.92 Å². The van der Waals surface area contributed by atoms with Gasteiger partial charge in [-0.2, -0.15) is 5.10 Å². The molecule has 1 saturated heterocycles. The summed E-state index contributed by atoms with van der Waals surface area (Å²) in [6.07, 6.45) is 1.53. The zero-order valence-corrected chi connectivity index (χ0v) is 20.1. The van der Waals surface area contributed by atoms with Gasteiger partial charge in [-0.1, -0.05) is 56.0 Å². The van der Waals surface area contributed by atoms with Crippen molar-refractivity contribution in [3.05, 3.63) is 82.6 Å². The predicted molar refractivity (Wildman–Crippen MR) is 133 cm³/mol. The molecule has 2 aromatic rings.